The van der Waals surface area contributed by atoms with Crippen LogP contribution in [0.25, 0.3) is 11.0 Å². The van der Waals surface area contributed by atoms with Crippen LogP contribution >= 0.6 is 0 Å². The minimum Gasteiger partial charge on any atom is -0.497 e. The van der Waals surface area contributed by atoms with Crippen LogP contribution in [0.15, 0.2) is 57.7 Å². The highest BCUT2D eigenvalue weighted by atomic mass is 16.5. The van der Waals surface area contributed by atoms with E-state index in [1.165, 1.54) is 25.3 Å². The second kappa shape index (κ2) is 6.81. The van der Waals surface area contributed by atoms with Crippen molar-refractivity contribution in [1.82, 2.24) is 5.01 Å². The third-order valence-corrected chi connectivity index (χ3v) is 3.96. The predicted molar refractivity (Wildman–Crippen MR) is 94.9 cm³/mol. The lowest BCUT2D eigenvalue weighted by Gasteiger charge is -2.14. The highest BCUT2D eigenvalue weighted by Crippen LogP contribution is 2.24. The highest BCUT2D eigenvalue weighted by molar-refractivity contribution is 6.10. The van der Waals surface area contributed by atoms with Crippen LogP contribution in [0.5, 0.6) is 5.75 Å². The number of imide groups is 1. The van der Waals surface area contributed by atoms with Gasteiger partial charge in [-0.1, -0.05) is 18.2 Å². The SMILES string of the molecule is COc1cc(C)c2cc(C(=O)N(N)C(=O)c3ccccc3)c(=O)oc2c1. The van der Waals surface area contributed by atoms with Gasteiger partial charge in [0.05, 0.1) is 7.11 Å². The number of ether oxygens (including phenoxy) is 1. The average Bonchev–Trinajstić information content (AvgIpc) is 2.66. The number of carbonyl (C=O) groups excluding carboxylic acids is 2. The van der Waals surface area contributed by atoms with Gasteiger partial charge in [-0.2, -0.15) is 0 Å². The maximum atomic E-state index is 12.6. The molecule has 0 aliphatic heterocycles. The number of rotatable bonds is 3. The molecule has 0 fully saturated rings. The van der Waals surface area contributed by atoms with E-state index in [-0.39, 0.29) is 16.7 Å². The molecule has 7 nitrogen and oxygen atoms in total. The van der Waals surface area contributed by atoms with Crippen LogP contribution in [0.3, 0.4) is 0 Å². The van der Waals surface area contributed by atoms with E-state index in [1.54, 1.807) is 37.3 Å². The number of methoxy groups -OCH3 is 1. The van der Waals surface area contributed by atoms with Gasteiger partial charge in [0.25, 0.3) is 11.8 Å². The third kappa shape index (κ3) is 3.07. The molecule has 0 saturated heterocycles. The number of carbonyl (C=O) groups is 2. The van der Waals surface area contributed by atoms with Gasteiger partial charge in [-0.3, -0.25) is 9.59 Å². The fourth-order valence-electron chi connectivity index (χ4n) is 2.57. The monoisotopic (exact) mass is 352 g/mol. The smallest absolute Gasteiger partial charge is 0.349 e. The zero-order valence-corrected chi connectivity index (χ0v) is 14.2. The molecule has 3 rings (SSSR count). The molecule has 132 valence electrons. The summed E-state index contributed by atoms with van der Waals surface area (Å²) in [4.78, 5) is 37.1. The lowest BCUT2D eigenvalue weighted by molar-refractivity contribution is 0.0613. The zero-order chi connectivity index (χ0) is 18.8. The van der Waals surface area contributed by atoms with Crippen LogP contribution in [0.4, 0.5) is 0 Å². The maximum absolute atomic E-state index is 12.6. The van der Waals surface area contributed by atoms with Crippen LogP contribution in [0.2, 0.25) is 0 Å². The fourth-order valence-corrected chi connectivity index (χ4v) is 2.57. The Hall–Kier alpha value is -3.45. The number of fused-ring (bicyclic) bond motifs is 1. The molecule has 0 aliphatic carbocycles. The molecular weight excluding hydrogens is 336 g/mol. The average molecular weight is 352 g/mol. The number of aryl methyl sites for hydroxylation is 1. The van der Waals surface area contributed by atoms with E-state index in [0.29, 0.717) is 16.1 Å². The van der Waals surface area contributed by atoms with Crippen molar-refractivity contribution in [2.24, 2.45) is 5.84 Å². The summed E-state index contributed by atoms with van der Waals surface area (Å²) in [5.74, 6) is 4.52. The van der Waals surface area contributed by atoms with Crippen LogP contribution in [-0.4, -0.2) is 23.9 Å². The van der Waals surface area contributed by atoms with E-state index in [2.05, 4.69) is 0 Å². The molecule has 3 aromatic rings. The first-order valence-electron chi connectivity index (χ1n) is 7.73. The second-order valence-corrected chi connectivity index (χ2v) is 5.65. The Morgan fingerprint density at radius 2 is 1.77 bits per heavy atom. The molecule has 26 heavy (non-hydrogen) atoms. The van der Waals surface area contributed by atoms with Gasteiger partial charge in [0.15, 0.2) is 0 Å². The summed E-state index contributed by atoms with van der Waals surface area (Å²) in [7, 11) is 1.50. The van der Waals surface area contributed by atoms with Gasteiger partial charge < -0.3 is 9.15 Å². The summed E-state index contributed by atoms with van der Waals surface area (Å²) < 4.78 is 10.4. The van der Waals surface area contributed by atoms with Crippen molar-refractivity contribution in [2.45, 2.75) is 6.92 Å². The number of hydrogen-bond donors (Lipinski definition) is 1. The molecule has 0 aliphatic rings. The Bertz CT molecular complexity index is 1060. The summed E-state index contributed by atoms with van der Waals surface area (Å²) in [6.45, 7) is 1.79. The van der Waals surface area contributed by atoms with Gasteiger partial charge in [-0.15, -0.1) is 0 Å². The van der Waals surface area contributed by atoms with Crippen molar-refractivity contribution < 1.29 is 18.7 Å². The van der Waals surface area contributed by atoms with Gasteiger partial charge in [-0.05, 0) is 36.8 Å². The molecule has 7 heteroatoms. The molecule has 2 amide bonds. The molecule has 1 aromatic heterocycles. The standard InChI is InChI=1S/C19H16N2O5/c1-11-8-13(25-2)9-16-14(11)10-15(19(24)26-16)18(23)21(20)17(22)12-6-4-3-5-7-12/h3-10H,20H2,1-2H3. The van der Waals surface area contributed by atoms with Crippen LogP contribution in [-0.2, 0) is 0 Å². The van der Waals surface area contributed by atoms with Gasteiger partial charge in [-0.25, -0.2) is 15.6 Å². The number of nitrogens with zero attached hydrogens (tertiary/aromatic N) is 1. The molecule has 0 unspecified atom stereocenters. The molecule has 0 radical (unpaired) electrons. The normalized spacial score (nSPS) is 10.6. The first kappa shape index (κ1) is 17.4. The van der Waals surface area contributed by atoms with Crippen molar-refractivity contribution in [3.8, 4) is 5.75 Å². The highest BCUT2D eigenvalue weighted by Gasteiger charge is 2.25. The Morgan fingerprint density at radius 1 is 1.08 bits per heavy atom. The second-order valence-electron chi connectivity index (χ2n) is 5.65. The quantitative estimate of drug-likeness (QED) is 0.255. The Morgan fingerprint density at radius 3 is 2.42 bits per heavy atom. The minimum absolute atomic E-state index is 0.231. The van der Waals surface area contributed by atoms with E-state index in [9.17, 15) is 14.4 Å². The maximum Gasteiger partial charge on any atom is 0.349 e. The van der Waals surface area contributed by atoms with Crippen LogP contribution < -0.4 is 16.2 Å². The van der Waals surface area contributed by atoms with Crippen LogP contribution in [0, 0.1) is 6.92 Å². The molecular formula is C19H16N2O5. The van der Waals surface area contributed by atoms with E-state index in [0.717, 1.165) is 5.56 Å². The van der Waals surface area contributed by atoms with Gasteiger partial charge >= 0.3 is 5.63 Å². The Labute approximate surface area is 148 Å². The number of amides is 2. The van der Waals surface area contributed by atoms with Crippen molar-refractivity contribution >= 4 is 22.8 Å². The molecule has 1 heterocycles. The number of nitrogens with two attached hydrogens (primary N) is 1. The lowest BCUT2D eigenvalue weighted by atomic mass is 10.1. The van der Waals surface area contributed by atoms with E-state index in [4.69, 9.17) is 15.0 Å². The molecule has 0 bridgehead atoms. The first-order chi connectivity index (χ1) is 12.4. The third-order valence-electron chi connectivity index (χ3n) is 3.96. The zero-order valence-electron chi connectivity index (χ0n) is 14.2. The number of hydrazine groups is 1. The molecule has 2 N–H and O–H groups in total. The number of benzene rings is 2. The Kier molecular flexibility index (Phi) is 4.55. The fraction of sp³-hybridized carbons (Fsp3) is 0.105. The van der Waals surface area contributed by atoms with Gasteiger partial charge in [0.2, 0.25) is 0 Å². The van der Waals surface area contributed by atoms with Crippen molar-refractivity contribution in [2.75, 3.05) is 7.11 Å². The minimum atomic E-state index is -0.940. The topological polar surface area (TPSA) is 103 Å². The first-order valence-corrected chi connectivity index (χ1v) is 7.73. The summed E-state index contributed by atoms with van der Waals surface area (Å²) in [5, 5.41) is 0.959. The summed E-state index contributed by atoms with van der Waals surface area (Å²) in [6.07, 6.45) is 0. The Balaban J connectivity index is 2.03. The number of hydrogen-bond acceptors (Lipinski definition) is 6. The molecule has 0 atom stereocenters. The van der Waals surface area contributed by atoms with E-state index in [1.807, 2.05) is 0 Å². The largest absolute Gasteiger partial charge is 0.497 e. The van der Waals surface area contributed by atoms with Gasteiger partial charge in [0.1, 0.15) is 16.9 Å². The van der Waals surface area contributed by atoms with Crippen molar-refractivity contribution in [3.63, 3.8) is 0 Å². The van der Waals surface area contributed by atoms with E-state index < -0.39 is 17.4 Å². The molecule has 0 spiro atoms. The molecule has 0 saturated carbocycles. The van der Waals surface area contributed by atoms with Gasteiger partial charge in [0, 0.05) is 17.0 Å². The summed E-state index contributed by atoms with van der Waals surface area (Å²) >= 11 is 0. The van der Waals surface area contributed by atoms with Crippen molar-refractivity contribution in [1.29, 1.82) is 0 Å². The predicted octanol–water partition coefficient (Wildman–Crippen LogP) is 2.27. The van der Waals surface area contributed by atoms with Crippen molar-refractivity contribution in [3.05, 3.63) is 75.6 Å². The summed E-state index contributed by atoms with van der Waals surface area (Å²) in [5.41, 5.74) is 0.0509. The van der Waals surface area contributed by atoms with E-state index >= 15 is 0 Å². The van der Waals surface area contributed by atoms with Crippen LogP contribution in [0.1, 0.15) is 26.3 Å². The lowest BCUT2D eigenvalue weighted by Crippen LogP contribution is -2.44. The molecule has 2 aromatic carbocycles. The summed E-state index contributed by atoms with van der Waals surface area (Å²) in [6, 6.07) is 12.7.